The van der Waals surface area contributed by atoms with E-state index in [1.807, 2.05) is 13.8 Å². The number of nitrogens with two attached hydrogens (primary N) is 1. The van der Waals surface area contributed by atoms with Crippen molar-refractivity contribution in [1.29, 1.82) is 0 Å². The van der Waals surface area contributed by atoms with Gasteiger partial charge in [-0.2, -0.15) is 0 Å². The zero-order chi connectivity index (χ0) is 15.8. The van der Waals surface area contributed by atoms with Crippen LogP contribution in [0.15, 0.2) is 12.2 Å². The zero-order valence-electron chi connectivity index (χ0n) is 13.1. The fourth-order valence-electron chi connectivity index (χ4n) is 1.45. The SMILES string of the molecule is CC(C)C[C@H](N)C(=O)OCC/C=C/C(=O)OC(C)(C)C. The molecule has 0 fully saturated rings. The molecule has 0 aliphatic heterocycles. The van der Waals surface area contributed by atoms with E-state index in [0.29, 0.717) is 18.8 Å². The van der Waals surface area contributed by atoms with Crippen LogP contribution >= 0.6 is 0 Å². The van der Waals surface area contributed by atoms with Gasteiger partial charge in [0.15, 0.2) is 0 Å². The average Bonchev–Trinajstić information content (AvgIpc) is 2.24. The second-order valence-electron chi connectivity index (χ2n) is 6.13. The number of rotatable bonds is 7. The Hall–Kier alpha value is -1.36. The normalized spacial score (nSPS) is 13.6. The van der Waals surface area contributed by atoms with Crippen molar-refractivity contribution in [1.82, 2.24) is 0 Å². The van der Waals surface area contributed by atoms with E-state index < -0.39 is 23.6 Å². The summed E-state index contributed by atoms with van der Waals surface area (Å²) in [5, 5.41) is 0. The molecule has 0 aromatic heterocycles. The first-order chi connectivity index (χ1) is 9.11. The lowest BCUT2D eigenvalue weighted by Crippen LogP contribution is -2.33. The predicted molar refractivity (Wildman–Crippen MR) is 78.0 cm³/mol. The first kappa shape index (κ1) is 18.6. The summed E-state index contributed by atoms with van der Waals surface area (Å²) in [4.78, 5) is 22.8. The van der Waals surface area contributed by atoms with Gasteiger partial charge in [-0.05, 0) is 33.1 Å². The Bertz CT molecular complexity index is 342. The fraction of sp³-hybridized carbons (Fsp3) is 0.733. The van der Waals surface area contributed by atoms with Crippen LogP contribution in [0.2, 0.25) is 0 Å². The van der Waals surface area contributed by atoms with Crippen molar-refractivity contribution >= 4 is 11.9 Å². The van der Waals surface area contributed by atoms with Crippen LogP contribution in [0.25, 0.3) is 0 Å². The van der Waals surface area contributed by atoms with Crippen molar-refractivity contribution < 1.29 is 19.1 Å². The van der Waals surface area contributed by atoms with E-state index in [1.54, 1.807) is 26.8 Å². The summed E-state index contributed by atoms with van der Waals surface area (Å²) in [5.41, 5.74) is 5.18. The van der Waals surface area contributed by atoms with Crippen LogP contribution in [0, 0.1) is 5.92 Å². The predicted octanol–water partition coefficient (Wildman–Crippen LogP) is 2.19. The number of ether oxygens (including phenoxy) is 2. The molecule has 5 nitrogen and oxygen atoms in total. The lowest BCUT2D eigenvalue weighted by molar-refractivity contribution is -0.148. The highest BCUT2D eigenvalue weighted by Crippen LogP contribution is 2.07. The van der Waals surface area contributed by atoms with Gasteiger partial charge < -0.3 is 15.2 Å². The number of hydrogen-bond donors (Lipinski definition) is 1. The van der Waals surface area contributed by atoms with Gasteiger partial charge in [0.1, 0.15) is 11.6 Å². The molecule has 0 radical (unpaired) electrons. The second-order valence-corrected chi connectivity index (χ2v) is 6.13. The van der Waals surface area contributed by atoms with Crippen molar-refractivity contribution in [3.05, 3.63) is 12.2 Å². The molecule has 5 heteroatoms. The third kappa shape index (κ3) is 10.6. The molecule has 0 aromatic carbocycles. The Labute approximate surface area is 121 Å². The molecular weight excluding hydrogens is 258 g/mol. The second kappa shape index (κ2) is 8.74. The van der Waals surface area contributed by atoms with Crippen molar-refractivity contribution in [3.8, 4) is 0 Å². The third-order valence-corrected chi connectivity index (χ3v) is 2.22. The number of hydrogen-bond acceptors (Lipinski definition) is 5. The van der Waals surface area contributed by atoms with E-state index in [9.17, 15) is 9.59 Å². The summed E-state index contributed by atoms with van der Waals surface area (Å²) in [6.07, 6.45) is 4.02. The molecule has 116 valence electrons. The molecule has 0 spiro atoms. The van der Waals surface area contributed by atoms with Gasteiger partial charge in [-0.1, -0.05) is 19.9 Å². The largest absolute Gasteiger partial charge is 0.464 e. The lowest BCUT2D eigenvalue weighted by atomic mass is 10.1. The van der Waals surface area contributed by atoms with Crippen LogP contribution < -0.4 is 5.73 Å². The van der Waals surface area contributed by atoms with Crippen molar-refractivity contribution in [2.75, 3.05) is 6.61 Å². The van der Waals surface area contributed by atoms with E-state index >= 15 is 0 Å². The minimum absolute atomic E-state index is 0.212. The fourth-order valence-corrected chi connectivity index (χ4v) is 1.45. The van der Waals surface area contributed by atoms with Gasteiger partial charge in [-0.25, -0.2) is 4.79 Å². The molecule has 0 amide bonds. The minimum atomic E-state index is -0.579. The monoisotopic (exact) mass is 285 g/mol. The lowest BCUT2D eigenvalue weighted by Gasteiger charge is -2.17. The molecule has 1 atom stereocenters. The van der Waals surface area contributed by atoms with Crippen molar-refractivity contribution in [3.63, 3.8) is 0 Å². The maximum absolute atomic E-state index is 11.5. The van der Waals surface area contributed by atoms with Crippen LogP contribution in [0.5, 0.6) is 0 Å². The van der Waals surface area contributed by atoms with Crippen LogP contribution in [0.3, 0.4) is 0 Å². The standard InChI is InChI=1S/C15H27NO4/c1-11(2)10-12(16)14(18)19-9-7-6-8-13(17)20-15(3,4)5/h6,8,11-12H,7,9-10,16H2,1-5H3/b8-6+/t12-/m0/s1. The van der Waals surface area contributed by atoms with E-state index in [4.69, 9.17) is 15.2 Å². The summed E-state index contributed by atoms with van der Waals surface area (Å²) in [6.45, 7) is 9.61. The summed E-state index contributed by atoms with van der Waals surface area (Å²) in [5.74, 6) is -0.450. The van der Waals surface area contributed by atoms with Gasteiger partial charge in [0, 0.05) is 12.5 Å². The van der Waals surface area contributed by atoms with Crippen LogP contribution in [-0.4, -0.2) is 30.2 Å². The maximum Gasteiger partial charge on any atom is 0.330 e. The van der Waals surface area contributed by atoms with Gasteiger partial charge in [-0.3, -0.25) is 4.79 Å². The first-order valence-corrected chi connectivity index (χ1v) is 6.93. The number of carbonyl (C=O) groups is 2. The van der Waals surface area contributed by atoms with Crippen molar-refractivity contribution in [2.24, 2.45) is 11.7 Å². The Morgan fingerprint density at radius 3 is 2.35 bits per heavy atom. The van der Waals surface area contributed by atoms with Gasteiger partial charge in [0.25, 0.3) is 0 Å². The summed E-state index contributed by atoms with van der Waals surface area (Å²) in [6, 6.07) is -0.579. The quantitative estimate of drug-likeness (QED) is 0.440. The molecule has 0 unspecified atom stereocenters. The summed E-state index contributed by atoms with van der Waals surface area (Å²) < 4.78 is 10.1. The Kier molecular flexibility index (Phi) is 8.15. The molecule has 0 saturated heterocycles. The zero-order valence-corrected chi connectivity index (χ0v) is 13.1. The van der Waals surface area contributed by atoms with E-state index in [2.05, 4.69) is 0 Å². The smallest absolute Gasteiger partial charge is 0.330 e. The number of esters is 2. The van der Waals surface area contributed by atoms with E-state index in [-0.39, 0.29) is 6.61 Å². The van der Waals surface area contributed by atoms with E-state index in [1.165, 1.54) is 6.08 Å². The molecule has 0 aliphatic carbocycles. The minimum Gasteiger partial charge on any atom is -0.464 e. The first-order valence-electron chi connectivity index (χ1n) is 6.93. The third-order valence-electron chi connectivity index (χ3n) is 2.22. The van der Waals surface area contributed by atoms with Gasteiger partial charge in [0.05, 0.1) is 6.61 Å². The molecule has 0 saturated carbocycles. The molecule has 0 aromatic rings. The molecule has 0 bridgehead atoms. The topological polar surface area (TPSA) is 78.6 Å². The summed E-state index contributed by atoms with van der Waals surface area (Å²) >= 11 is 0. The van der Waals surface area contributed by atoms with Crippen LogP contribution in [0.1, 0.15) is 47.5 Å². The maximum atomic E-state index is 11.5. The van der Waals surface area contributed by atoms with Gasteiger partial charge in [0.2, 0.25) is 0 Å². The Morgan fingerprint density at radius 2 is 1.85 bits per heavy atom. The highest BCUT2D eigenvalue weighted by molar-refractivity contribution is 5.82. The summed E-state index contributed by atoms with van der Waals surface area (Å²) in [7, 11) is 0. The molecule has 0 aliphatic rings. The average molecular weight is 285 g/mol. The highest BCUT2D eigenvalue weighted by Gasteiger charge is 2.16. The molecule has 0 heterocycles. The molecular formula is C15H27NO4. The molecule has 2 N–H and O–H groups in total. The molecule has 0 rings (SSSR count). The Morgan fingerprint density at radius 1 is 1.25 bits per heavy atom. The van der Waals surface area contributed by atoms with Gasteiger partial charge >= 0.3 is 11.9 Å². The highest BCUT2D eigenvalue weighted by atomic mass is 16.6. The van der Waals surface area contributed by atoms with Gasteiger partial charge in [-0.15, -0.1) is 0 Å². The van der Waals surface area contributed by atoms with Crippen LogP contribution in [0.4, 0.5) is 0 Å². The number of carbonyl (C=O) groups excluding carboxylic acids is 2. The van der Waals surface area contributed by atoms with Crippen LogP contribution in [-0.2, 0) is 19.1 Å². The van der Waals surface area contributed by atoms with Crippen molar-refractivity contribution in [2.45, 2.75) is 59.1 Å². The van der Waals surface area contributed by atoms with E-state index in [0.717, 1.165) is 0 Å². The Balaban J connectivity index is 3.86. The molecule has 20 heavy (non-hydrogen) atoms.